The van der Waals surface area contributed by atoms with E-state index in [2.05, 4.69) is 22.7 Å². The molecule has 6 nitrogen and oxygen atoms in total. The Morgan fingerprint density at radius 2 is 1.88 bits per heavy atom. The van der Waals surface area contributed by atoms with Crippen LogP contribution in [0.25, 0.3) is 11.0 Å². The Bertz CT molecular complexity index is 1180. The third-order valence-corrected chi connectivity index (χ3v) is 8.24. The summed E-state index contributed by atoms with van der Waals surface area (Å²) in [5.41, 5.74) is 4.74. The van der Waals surface area contributed by atoms with Crippen LogP contribution in [0, 0.1) is 11.8 Å². The van der Waals surface area contributed by atoms with E-state index in [1.165, 1.54) is 38.4 Å². The molecule has 2 aliphatic heterocycles. The van der Waals surface area contributed by atoms with E-state index in [1.54, 1.807) is 5.57 Å². The highest BCUT2D eigenvalue weighted by Gasteiger charge is 2.52. The second-order valence-electron chi connectivity index (χ2n) is 9.83. The van der Waals surface area contributed by atoms with E-state index in [0.29, 0.717) is 23.9 Å². The number of esters is 1. The predicted octanol–water partition coefficient (Wildman–Crippen LogP) is 3.76. The number of para-hydroxylation sites is 2. The van der Waals surface area contributed by atoms with Crippen LogP contribution < -0.4 is 5.56 Å². The third-order valence-electron chi connectivity index (χ3n) is 8.24. The number of rotatable bonds is 4. The summed E-state index contributed by atoms with van der Waals surface area (Å²) in [6.45, 7) is 4.20. The van der Waals surface area contributed by atoms with Crippen LogP contribution in [0.5, 0.6) is 0 Å². The van der Waals surface area contributed by atoms with Crippen LogP contribution in [0.2, 0.25) is 0 Å². The summed E-state index contributed by atoms with van der Waals surface area (Å²) < 4.78 is 6.74. The van der Waals surface area contributed by atoms with Crippen LogP contribution in [-0.2, 0) is 16.0 Å². The van der Waals surface area contributed by atoms with Gasteiger partial charge in [-0.2, -0.15) is 0 Å². The topological polar surface area (TPSA) is 64.4 Å². The number of hydrogen-bond donors (Lipinski definition) is 0. The molecule has 32 heavy (non-hydrogen) atoms. The molecule has 0 amide bonds. The van der Waals surface area contributed by atoms with Crippen molar-refractivity contribution in [1.29, 1.82) is 0 Å². The number of carbonyl (C=O) groups is 1. The highest BCUT2D eigenvalue weighted by atomic mass is 16.5. The highest BCUT2D eigenvalue weighted by Crippen LogP contribution is 2.62. The average molecular weight is 432 g/mol. The lowest BCUT2D eigenvalue weighted by Crippen LogP contribution is -2.53. The molecule has 0 radical (unpaired) electrons. The number of allylic oxidation sites excluding steroid dienone is 2. The van der Waals surface area contributed by atoms with Crippen molar-refractivity contribution in [1.82, 2.24) is 14.5 Å². The van der Waals surface area contributed by atoms with E-state index in [9.17, 15) is 9.59 Å². The number of benzene rings is 1. The van der Waals surface area contributed by atoms with Gasteiger partial charge in [-0.3, -0.25) is 9.59 Å². The number of aromatic nitrogens is 2. The summed E-state index contributed by atoms with van der Waals surface area (Å²) in [7, 11) is 1.34. The summed E-state index contributed by atoms with van der Waals surface area (Å²) in [6, 6.07) is 8.80. The number of hydrogen-bond acceptors (Lipinski definition) is 5. The first kappa shape index (κ1) is 19.8. The molecule has 2 saturated heterocycles. The summed E-state index contributed by atoms with van der Waals surface area (Å²) in [4.78, 5) is 32.6. The molecule has 3 heterocycles. The molecule has 1 aromatic heterocycles. The molecule has 0 spiro atoms. The molecule has 166 valence electrons. The van der Waals surface area contributed by atoms with Gasteiger partial charge in [-0.15, -0.1) is 0 Å². The Balaban J connectivity index is 1.36. The Labute approximate surface area is 187 Å². The average Bonchev–Trinajstić information content (AvgIpc) is 2.76. The highest BCUT2D eigenvalue weighted by molar-refractivity contribution is 5.77. The van der Waals surface area contributed by atoms with Gasteiger partial charge in [-0.05, 0) is 56.2 Å². The molecule has 7 rings (SSSR count). The summed E-state index contributed by atoms with van der Waals surface area (Å²) in [6.07, 6.45) is 9.13. The lowest BCUT2D eigenvalue weighted by molar-refractivity contribution is -0.139. The van der Waals surface area contributed by atoms with Gasteiger partial charge in [-0.25, -0.2) is 4.98 Å². The van der Waals surface area contributed by atoms with E-state index in [4.69, 9.17) is 4.74 Å². The molecule has 5 atom stereocenters. The predicted molar refractivity (Wildman–Crippen MR) is 122 cm³/mol. The van der Waals surface area contributed by atoms with Gasteiger partial charge in [-0.1, -0.05) is 24.3 Å². The van der Waals surface area contributed by atoms with Crippen molar-refractivity contribution in [3.8, 4) is 0 Å². The molecule has 2 unspecified atom stereocenters. The summed E-state index contributed by atoms with van der Waals surface area (Å²) in [5, 5.41) is 0. The van der Waals surface area contributed by atoms with Crippen molar-refractivity contribution < 1.29 is 9.53 Å². The van der Waals surface area contributed by atoms with E-state index < -0.39 is 5.97 Å². The van der Waals surface area contributed by atoms with E-state index >= 15 is 0 Å². The smallest absolute Gasteiger partial charge is 0.311 e. The van der Waals surface area contributed by atoms with Gasteiger partial charge in [0, 0.05) is 36.2 Å². The Morgan fingerprint density at radius 1 is 1.16 bits per heavy atom. The lowest BCUT2D eigenvalue weighted by Gasteiger charge is -2.58. The minimum absolute atomic E-state index is 0.0926. The number of ether oxygens (including phenoxy) is 1. The summed E-state index contributed by atoms with van der Waals surface area (Å²) in [5.74, 6) is 0.826. The molecule has 5 fully saturated rings. The zero-order valence-corrected chi connectivity index (χ0v) is 18.5. The van der Waals surface area contributed by atoms with Crippen molar-refractivity contribution in [2.24, 2.45) is 11.8 Å². The third kappa shape index (κ3) is 2.88. The number of piperidine rings is 2. The first-order valence-corrected chi connectivity index (χ1v) is 11.8. The fourth-order valence-electron chi connectivity index (χ4n) is 6.36. The quantitative estimate of drug-likeness (QED) is 0.545. The normalized spacial score (nSPS) is 30.5. The van der Waals surface area contributed by atoms with Gasteiger partial charge < -0.3 is 14.2 Å². The van der Waals surface area contributed by atoms with Gasteiger partial charge in [0.05, 0.1) is 24.6 Å². The van der Waals surface area contributed by atoms with Crippen molar-refractivity contribution >= 4 is 17.0 Å². The lowest BCUT2D eigenvalue weighted by atomic mass is 9.49. The van der Waals surface area contributed by atoms with Gasteiger partial charge in [0.15, 0.2) is 0 Å². The monoisotopic (exact) mass is 431 g/mol. The second kappa shape index (κ2) is 7.32. The minimum Gasteiger partial charge on any atom is -0.469 e. The first-order valence-electron chi connectivity index (χ1n) is 11.8. The van der Waals surface area contributed by atoms with Crippen molar-refractivity contribution in [2.75, 3.05) is 7.11 Å². The van der Waals surface area contributed by atoms with E-state index in [0.717, 1.165) is 23.9 Å². The van der Waals surface area contributed by atoms with Gasteiger partial charge in [0.2, 0.25) is 0 Å². The van der Waals surface area contributed by atoms with Gasteiger partial charge in [0.1, 0.15) is 5.69 Å². The molecule has 6 heteroatoms. The molecule has 4 bridgehead atoms. The Hall–Kier alpha value is -2.89. The standard InChI is InChI=1S/C26H29N3O3/c1-15-19-12-20(15)21(19)14-28-16-6-5-7-17(28)11-18(10-16)29-24-9-4-3-8-22(24)27-23(26(29)31)13-25(30)32-2/h3-4,8-9,14,16-20H,1,5-7,10-13H2,2H3/t16-,17+,18+,19?,20?. The number of nitrogens with zero attached hydrogens (tertiary/aromatic N) is 3. The molecular weight excluding hydrogens is 402 g/mol. The fourth-order valence-corrected chi connectivity index (χ4v) is 6.36. The van der Waals surface area contributed by atoms with E-state index in [1.807, 2.05) is 28.8 Å². The minimum atomic E-state index is -0.435. The van der Waals surface area contributed by atoms with Crippen LogP contribution in [-0.4, -0.2) is 39.6 Å². The number of fused-ring (bicyclic) bond motifs is 3. The zero-order chi connectivity index (χ0) is 22.0. The zero-order valence-electron chi connectivity index (χ0n) is 18.5. The Kier molecular flexibility index (Phi) is 4.52. The fraction of sp³-hybridized carbons (Fsp3) is 0.500. The first-order chi connectivity index (χ1) is 15.5. The second-order valence-corrected chi connectivity index (χ2v) is 9.83. The maximum atomic E-state index is 13.5. The number of methoxy groups -OCH3 is 1. The van der Waals surface area contributed by atoms with Crippen LogP contribution in [0.4, 0.5) is 0 Å². The van der Waals surface area contributed by atoms with Crippen molar-refractivity contribution in [3.05, 3.63) is 64.2 Å². The number of carbonyl (C=O) groups excluding carboxylic acids is 1. The molecule has 3 aliphatic carbocycles. The molecule has 1 aromatic carbocycles. The molecular formula is C26H29N3O3. The maximum Gasteiger partial charge on any atom is 0.311 e. The van der Waals surface area contributed by atoms with Crippen LogP contribution >= 0.6 is 0 Å². The maximum absolute atomic E-state index is 13.5. The van der Waals surface area contributed by atoms with Gasteiger partial charge in [0.25, 0.3) is 5.56 Å². The molecule has 2 aromatic rings. The van der Waals surface area contributed by atoms with Crippen LogP contribution in [0.1, 0.15) is 50.3 Å². The SMILES string of the molecule is C=C1C2CC1C2=CN1[C@@H]2CCC[C@H]1C[C@@H](n1c(=O)c(CC(=O)OC)nc3ccccc31)C2. The molecule has 3 saturated carbocycles. The van der Waals surface area contributed by atoms with Crippen LogP contribution in [0.3, 0.4) is 0 Å². The van der Waals surface area contributed by atoms with Gasteiger partial charge >= 0.3 is 5.97 Å². The van der Waals surface area contributed by atoms with E-state index in [-0.39, 0.29) is 23.7 Å². The Morgan fingerprint density at radius 3 is 2.53 bits per heavy atom. The summed E-state index contributed by atoms with van der Waals surface area (Å²) >= 11 is 0. The largest absolute Gasteiger partial charge is 0.469 e. The van der Waals surface area contributed by atoms with Crippen LogP contribution in [0.15, 0.2) is 53.0 Å². The molecule has 0 N–H and O–H groups in total. The van der Waals surface area contributed by atoms with Crippen molar-refractivity contribution in [2.45, 2.75) is 63.1 Å². The van der Waals surface area contributed by atoms with Crippen molar-refractivity contribution in [3.63, 3.8) is 0 Å². The molecule has 5 aliphatic rings.